The topological polar surface area (TPSA) is 79.6 Å². The minimum atomic E-state index is -4.99. The van der Waals surface area contributed by atoms with Crippen LogP contribution in [0.5, 0.6) is 34.5 Å². The molecule has 0 fully saturated rings. The number of hydrogen-bond acceptors (Lipinski definition) is 8. The van der Waals surface area contributed by atoms with Gasteiger partial charge in [0.1, 0.15) is 29.6 Å². The van der Waals surface area contributed by atoms with Gasteiger partial charge in [-0.1, -0.05) is 6.07 Å². The number of nitrogens with zero attached hydrogens (tertiary/aromatic N) is 1. The first kappa shape index (κ1) is 24.0. The first-order valence-electron chi connectivity index (χ1n) is 11.6. The number of alkyl halides is 3. The van der Waals surface area contributed by atoms with Crippen LogP contribution in [0.25, 0.3) is 11.0 Å². The van der Waals surface area contributed by atoms with Gasteiger partial charge in [0, 0.05) is 13.1 Å². The quantitative estimate of drug-likeness (QED) is 0.328. The van der Waals surface area contributed by atoms with Crippen LogP contribution in [-0.2, 0) is 19.3 Å². The molecular weight excluding hydrogens is 507 g/mol. The zero-order valence-corrected chi connectivity index (χ0v) is 20.0. The Kier molecular flexibility index (Phi) is 5.79. The summed E-state index contributed by atoms with van der Waals surface area (Å²) < 4.78 is 74.7. The fourth-order valence-electron chi connectivity index (χ4n) is 4.43. The second-order valence-corrected chi connectivity index (χ2v) is 8.73. The lowest BCUT2D eigenvalue weighted by molar-refractivity contribution is -0.154. The van der Waals surface area contributed by atoms with Crippen LogP contribution in [-0.4, -0.2) is 25.5 Å². The van der Waals surface area contributed by atoms with Gasteiger partial charge in [-0.15, -0.1) is 0 Å². The molecule has 0 aliphatic carbocycles. The van der Waals surface area contributed by atoms with Crippen LogP contribution in [0.2, 0.25) is 0 Å². The Hall–Kier alpha value is -4.38. The first-order valence-corrected chi connectivity index (χ1v) is 11.6. The van der Waals surface area contributed by atoms with Crippen molar-refractivity contribution in [1.82, 2.24) is 4.90 Å². The Morgan fingerprint density at radius 2 is 1.66 bits per heavy atom. The van der Waals surface area contributed by atoms with Crippen molar-refractivity contribution in [2.24, 2.45) is 0 Å². The van der Waals surface area contributed by atoms with E-state index in [1.54, 1.807) is 12.1 Å². The van der Waals surface area contributed by atoms with Crippen molar-refractivity contribution in [3.63, 3.8) is 0 Å². The summed E-state index contributed by atoms with van der Waals surface area (Å²) in [6, 6.07) is 14.3. The highest BCUT2D eigenvalue weighted by atomic mass is 19.4. The van der Waals surface area contributed by atoms with Crippen LogP contribution < -0.4 is 29.1 Å². The monoisotopic (exact) mass is 527 g/mol. The normalized spacial score (nSPS) is 14.7. The zero-order chi connectivity index (χ0) is 26.4. The van der Waals surface area contributed by atoms with Crippen molar-refractivity contribution in [3.8, 4) is 34.5 Å². The molecule has 0 unspecified atom stereocenters. The van der Waals surface area contributed by atoms with Crippen molar-refractivity contribution in [3.05, 3.63) is 81.7 Å². The molecule has 6 rings (SSSR count). The molecule has 3 aromatic carbocycles. The van der Waals surface area contributed by atoms with Crippen LogP contribution >= 0.6 is 0 Å². The molecule has 8 nitrogen and oxygen atoms in total. The largest absolute Gasteiger partial charge is 0.497 e. The summed E-state index contributed by atoms with van der Waals surface area (Å²) in [5, 5.41) is -0.0474. The van der Waals surface area contributed by atoms with Crippen molar-refractivity contribution in [2.45, 2.75) is 19.3 Å². The third kappa shape index (κ3) is 4.34. The van der Waals surface area contributed by atoms with E-state index in [0.29, 0.717) is 35.1 Å². The van der Waals surface area contributed by atoms with Gasteiger partial charge in [-0.3, -0.25) is 9.69 Å². The van der Waals surface area contributed by atoms with Crippen molar-refractivity contribution < 1.29 is 41.3 Å². The van der Waals surface area contributed by atoms with Gasteiger partial charge >= 0.3 is 6.18 Å². The lowest BCUT2D eigenvalue weighted by Crippen LogP contribution is -2.32. The van der Waals surface area contributed by atoms with Gasteiger partial charge in [-0.05, 0) is 54.1 Å². The van der Waals surface area contributed by atoms with Gasteiger partial charge < -0.3 is 28.1 Å². The molecule has 0 saturated heterocycles. The number of methoxy groups -OCH3 is 1. The number of ether oxygens (including phenoxy) is 5. The van der Waals surface area contributed by atoms with Crippen LogP contribution in [0.15, 0.2) is 63.8 Å². The third-order valence-electron chi connectivity index (χ3n) is 6.24. The van der Waals surface area contributed by atoms with E-state index in [4.69, 9.17) is 28.1 Å². The number of hydrogen-bond donors (Lipinski definition) is 0. The van der Waals surface area contributed by atoms with E-state index in [2.05, 4.69) is 0 Å². The summed E-state index contributed by atoms with van der Waals surface area (Å²) in [6.45, 7) is 0.958. The minimum Gasteiger partial charge on any atom is -0.497 e. The predicted molar refractivity (Wildman–Crippen MR) is 128 cm³/mol. The first-order chi connectivity index (χ1) is 18.3. The van der Waals surface area contributed by atoms with Gasteiger partial charge in [0.05, 0.1) is 18.1 Å². The molecule has 0 radical (unpaired) electrons. The van der Waals surface area contributed by atoms with E-state index in [9.17, 15) is 18.0 Å². The second kappa shape index (κ2) is 9.18. The molecule has 0 spiro atoms. The highest BCUT2D eigenvalue weighted by Gasteiger charge is 2.41. The summed E-state index contributed by atoms with van der Waals surface area (Å²) >= 11 is 0. The average molecular weight is 527 g/mol. The lowest BCUT2D eigenvalue weighted by Gasteiger charge is -2.29. The molecule has 2 aliphatic rings. The summed E-state index contributed by atoms with van der Waals surface area (Å²) in [4.78, 5) is 15.2. The Labute approximate surface area is 213 Å². The van der Waals surface area contributed by atoms with Crippen molar-refractivity contribution >= 4 is 11.0 Å². The van der Waals surface area contributed by atoms with Crippen molar-refractivity contribution in [1.29, 1.82) is 0 Å². The Balaban J connectivity index is 1.37. The van der Waals surface area contributed by atoms with Crippen LogP contribution in [0.1, 0.15) is 16.9 Å². The molecule has 1 aromatic heterocycles. The van der Waals surface area contributed by atoms with E-state index in [1.165, 1.54) is 37.4 Å². The minimum absolute atomic E-state index is 0.0270. The molecule has 4 aromatic rings. The van der Waals surface area contributed by atoms with Gasteiger partial charge in [-0.25, -0.2) is 0 Å². The molecular formula is C27H20F3NO7. The average Bonchev–Trinajstić information content (AvgIpc) is 3.38. The number of rotatable bonds is 5. The SMILES string of the molecule is COc1ccc(Oc2c(C(F)(F)F)oc3c4c(ccc3c2=O)OCN(Cc2ccc3c(c2)OCO3)C4)cc1. The highest BCUT2D eigenvalue weighted by molar-refractivity contribution is 5.84. The fraction of sp³-hybridized carbons (Fsp3) is 0.222. The number of benzene rings is 3. The lowest BCUT2D eigenvalue weighted by atomic mass is 10.1. The van der Waals surface area contributed by atoms with Gasteiger partial charge in [0.2, 0.25) is 18.0 Å². The van der Waals surface area contributed by atoms with Gasteiger partial charge in [-0.2, -0.15) is 13.2 Å². The molecule has 0 amide bonds. The van der Waals surface area contributed by atoms with E-state index >= 15 is 0 Å². The maximum absolute atomic E-state index is 14.1. The van der Waals surface area contributed by atoms with E-state index in [0.717, 1.165) is 5.56 Å². The van der Waals surface area contributed by atoms with Crippen molar-refractivity contribution in [2.75, 3.05) is 20.6 Å². The Morgan fingerprint density at radius 1 is 0.921 bits per heavy atom. The predicted octanol–water partition coefficient (Wildman–Crippen LogP) is 5.69. The van der Waals surface area contributed by atoms with Crippen LogP contribution in [0, 0.1) is 0 Å². The molecule has 0 saturated carbocycles. The Bertz CT molecular complexity index is 1580. The highest BCUT2D eigenvalue weighted by Crippen LogP contribution is 2.41. The van der Waals surface area contributed by atoms with Crippen LogP contribution in [0.4, 0.5) is 13.2 Å². The number of halogens is 3. The Morgan fingerprint density at radius 3 is 2.42 bits per heavy atom. The summed E-state index contributed by atoms with van der Waals surface area (Å²) in [6.07, 6.45) is -4.99. The second-order valence-electron chi connectivity index (χ2n) is 8.73. The maximum Gasteiger partial charge on any atom is 0.453 e. The van der Waals surface area contributed by atoms with Crippen LogP contribution in [0.3, 0.4) is 0 Å². The standard InChI is InChI=1S/C27H20F3NO7/c1-33-16-3-5-17(6-4-16)37-25-23(32)18-7-9-20-19(24(18)38-26(25)27(28,29)30)12-31(13-34-20)11-15-2-8-21-22(10-15)36-14-35-21/h2-10H,11-14H2,1H3. The maximum atomic E-state index is 14.1. The molecule has 11 heteroatoms. The molecule has 196 valence electrons. The van der Waals surface area contributed by atoms with Gasteiger partial charge in [0.25, 0.3) is 5.76 Å². The summed E-state index contributed by atoms with van der Waals surface area (Å²) in [7, 11) is 1.45. The smallest absolute Gasteiger partial charge is 0.453 e. The molecule has 0 atom stereocenters. The number of fused-ring (bicyclic) bond motifs is 4. The van der Waals surface area contributed by atoms with E-state index in [1.807, 2.05) is 17.0 Å². The molecule has 0 N–H and O–H groups in total. The molecule has 38 heavy (non-hydrogen) atoms. The molecule has 3 heterocycles. The zero-order valence-electron chi connectivity index (χ0n) is 20.0. The summed E-state index contributed by atoms with van der Waals surface area (Å²) in [5.74, 6) is -0.337. The summed E-state index contributed by atoms with van der Waals surface area (Å²) in [5.41, 5.74) is 0.101. The van der Waals surface area contributed by atoms with E-state index < -0.39 is 23.1 Å². The molecule has 2 aliphatic heterocycles. The third-order valence-corrected chi connectivity index (χ3v) is 6.24. The van der Waals surface area contributed by atoms with Gasteiger partial charge in [0.15, 0.2) is 11.5 Å². The fourth-order valence-corrected chi connectivity index (χ4v) is 4.43. The molecule has 0 bridgehead atoms. The van der Waals surface area contributed by atoms with E-state index in [-0.39, 0.29) is 36.8 Å².